The van der Waals surface area contributed by atoms with Crippen molar-refractivity contribution >= 4 is 15.9 Å². The normalized spacial score (nSPS) is 51.7. The molecule has 1 spiro atoms. The first kappa shape index (κ1) is 6.08. The van der Waals surface area contributed by atoms with Crippen molar-refractivity contribution in [2.75, 3.05) is 5.33 Å². The molecule has 9 heavy (non-hydrogen) atoms. The fraction of sp³-hybridized carbons (Fsp3) is 1.00. The van der Waals surface area contributed by atoms with Gasteiger partial charge in [0.15, 0.2) is 0 Å². The van der Waals surface area contributed by atoms with E-state index in [0.29, 0.717) is 0 Å². The van der Waals surface area contributed by atoms with Gasteiger partial charge in [-0.3, -0.25) is 0 Å². The second-order valence-corrected chi connectivity index (χ2v) is 3.74. The summed E-state index contributed by atoms with van der Waals surface area (Å²) in [5, 5.41) is 0.753. The third-order valence-corrected chi connectivity index (χ3v) is 3.34. The molecule has 2 unspecified atom stereocenters. The van der Waals surface area contributed by atoms with Crippen molar-refractivity contribution < 1.29 is 8.78 Å². The van der Waals surface area contributed by atoms with E-state index < -0.39 is 11.3 Å². The smallest absolute Gasteiger partial charge is 0.206 e. The summed E-state index contributed by atoms with van der Waals surface area (Å²) in [5.41, 5.74) is -0.517. The van der Waals surface area contributed by atoms with Crippen molar-refractivity contribution in [1.29, 1.82) is 0 Å². The second-order valence-electron chi connectivity index (χ2n) is 3.09. The van der Waals surface area contributed by atoms with Crippen LogP contribution in [0, 0.1) is 11.3 Å². The minimum Gasteiger partial charge on any atom is -0.206 e. The van der Waals surface area contributed by atoms with Crippen molar-refractivity contribution in [3.8, 4) is 0 Å². The molecular formula is C6H7BrF2. The first-order valence-electron chi connectivity index (χ1n) is 3.06. The van der Waals surface area contributed by atoms with Gasteiger partial charge in [0.1, 0.15) is 0 Å². The fourth-order valence-electron chi connectivity index (χ4n) is 1.60. The first-order valence-corrected chi connectivity index (χ1v) is 4.18. The van der Waals surface area contributed by atoms with Crippen LogP contribution < -0.4 is 0 Å². The van der Waals surface area contributed by atoms with Crippen molar-refractivity contribution in [3.63, 3.8) is 0 Å². The molecule has 2 fully saturated rings. The maximum Gasteiger partial charge on any atom is 0.254 e. The standard InChI is InChI=1S/C6H7BrF2/c7-2-4-1-5(4)3-6(5,8)9/h4H,1-3H2. The zero-order valence-electron chi connectivity index (χ0n) is 4.83. The van der Waals surface area contributed by atoms with E-state index in [9.17, 15) is 8.78 Å². The number of halogens is 3. The van der Waals surface area contributed by atoms with Gasteiger partial charge < -0.3 is 0 Å². The van der Waals surface area contributed by atoms with Gasteiger partial charge in [-0.05, 0) is 12.3 Å². The monoisotopic (exact) mass is 196 g/mol. The van der Waals surface area contributed by atoms with E-state index in [2.05, 4.69) is 15.9 Å². The van der Waals surface area contributed by atoms with Gasteiger partial charge in [0.05, 0.1) is 0 Å². The van der Waals surface area contributed by atoms with Gasteiger partial charge in [0, 0.05) is 17.2 Å². The molecule has 0 aliphatic heterocycles. The molecule has 3 heteroatoms. The molecule has 2 saturated carbocycles. The molecule has 2 atom stereocenters. The Morgan fingerprint density at radius 3 is 2.22 bits per heavy atom. The average molecular weight is 197 g/mol. The largest absolute Gasteiger partial charge is 0.254 e. The van der Waals surface area contributed by atoms with Gasteiger partial charge in [-0.2, -0.15) is 0 Å². The van der Waals surface area contributed by atoms with E-state index in [1.165, 1.54) is 0 Å². The van der Waals surface area contributed by atoms with Crippen molar-refractivity contribution in [2.24, 2.45) is 11.3 Å². The fourth-order valence-corrected chi connectivity index (χ4v) is 2.45. The molecule has 0 amide bonds. The Labute approximate surface area is 60.8 Å². The average Bonchev–Trinajstić information content (AvgIpc) is 2.53. The van der Waals surface area contributed by atoms with Crippen LogP contribution in [0.4, 0.5) is 8.78 Å². The lowest BCUT2D eigenvalue weighted by Crippen LogP contribution is -1.95. The van der Waals surface area contributed by atoms with Gasteiger partial charge in [0.2, 0.25) is 0 Å². The summed E-state index contributed by atoms with van der Waals surface area (Å²) in [5.74, 6) is -2.03. The molecule has 0 bridgehead atoms. The predicted octanol–water partition coefficient (Wildman–Crippen LogP) is 2.43. The summed E-state index contributed by atoms with van der Waals surface area (Å²) in [6.07, 6.45) is 0.890. The molecule has 2 aliphatic carbocycles. The van der Waals surface area contributed by atoms with E-state index in [-0.39, 0.29) is 12.3 Å². The zero-order chi connectivity index (χ0) is 6.70. The molecule has 0 saturated heterocycles. The summed E-state index contributed by atoms with van der Waals surface area (Å²) in [7, 11) is 0. The third kappa shape index (κ3) is 0.566. The Morgan fingerprint density at radius 1 is 1.56 bits per heavy atom. The van der Waals surface area contributed by atoms with Crippen LogP contribution in [0.1, 0.15) is 12.8 Å². The van der Waals surface area contributed by atoms with Crippen LogP contribution in [-0.4, -0.2) is 11.3 Å². The molecular weight excluding hydrogens is 190 g/mol. The van der Waals surface area contributed by atoms with Gasteiger partial charge in [-0.1, -0.05) is 15.9 Å². The van der Waals surface area contributed by atoms with E-state index in [1.807, 2.05) is 0 Å². The van der Waals surface area contributed by atoms with Crippen LogP contribution in [0.2, 0.25) is 0 Å². The number of rotatable bonds is 1. The van der Waals surface area contributed by atoms with Crippen molar-refractivity contribution in [3.05, 3.63) is 0 Å². The van der Waals surface area contributed by atoms with Crippen LogP contribution in [-0.2, 0) is 0 Å². The van der Waals surface area contributed by atoms with Crippen molar-refractivity contribution in [1.82, 2.24) is 0 Å². The van der Waals surface area contributed by atoms with Crippen LogP contribution in [0.5, 0.6) is 0 Å². The highest BCUT2D eigenvalue weighted by atomic mass is 79.9. The van der Waals surface area contributed by atoms with Gasteiger partial charge >= 0.3 is 0 Å². The van der Waals surface area contributed by atoms with E-state index in [0.717, 1.165) is 11.8 Å². The Hall–Kier alpha value is 0.340. The lowest BCUT2D eigenvalue weighted by atomic mass is 10.3. The minimum absolute atomic E-state index is 0.149. The molecule has 0 heterocycles. The van der Waals surface area contributed by atoms with Crippen LogP contribution >= 0.6 is 15.9 Å². The lowest BCUT2D eigenvalue weighted by molar-refractivity contribution is 0.0901. The molecule has 0 N–H and O–H groups in total. The van der Waals surface area contributed by atoms with Gasteiger partial charge in [0.25, 0.3) is 5.92 Å². The molecule has 0 aromatic heterocycles. The highest BCUT2D eigenvalue weighted by Gasteiger charge is 2.82. The van der Waals surface area contributed by atoms with E-state index >= 15 is 0 Å². The number of hydrogen-bond donors (Lipinski definition) is 0. The second kappa shape index (κ2) is 1.34. The molecule has 0 nitrogen and oxygen atoms in total. The lowest BCUT2D eigenvalue weighted by Gasteiger charge is -1.89. The van der Waals surface area contributed by atoms with Gasteiger partial charge in [-0.25, -0.2) is 8.78 Å². The molecule has 2 rings (SSSR count). The highest BCUT2D eigenvalue weighted by molar-refractivity contribution is 9.09. The van der Waals surface area contributed by atoms with Crippen LogP contribution in [0.3, 0.4) is 0 Å². The predicted molar refractivity (Wildman–Crippen MR) is 33.9 cm³/mol. The van der Waals surface area contributed by atoms with Crippen LogP contribution in [0.15, 0.2) is 0 Å². The quantitative estimate of drug-likeness (QED) is 0.566. The molecule has 52 valence electrons. The summed E-state index contributed by atoms with van der Waals surface area (Å²) in [6.45, 7) is 0. The molecule has 0 aromatic rings. The van der Waals surface area contributed by atoms with E-state index in [4.69, 9.17) is 0 Å². The van der Waals surface area contributed by atoms with E-state index in [1.54, 1.807) is 0 Å². The highest BCUT2D eigenvalue weighted by Crippen LogP contribution is 2.79. The number of alkyl halides is 3. The Bertz CT molecular complexity index is 157. The minimum atomic E-state index is -2.30. The summed E-state index contributed by atoms with van der Waals surface area (Å²) in [4.78, 5) is 0. The van der Waals surface area contributed by atoms with Crippen LogP contribution in [0.25, 0.3) is 0 Å². The summed E-state index contributed by atoms with van der Waals surface area (Å²) in [6, 6.07) is 0. The van der Waals surface area contributed by atoms with Gasteiger partial charge in [-0.15, -0.1) is 0 Å². The topological polar surface area (TPSA) is 0 Å². The molecule has 2 aliphatic rings. The maximum atomic E-state index is 12.4. The zero-order valence-corrected chi connectivity index (χ0v) is 6.42. The summed E-state index contributed by atoms with van der Waals surface area (Å²) < 4.78 is 24.8. The third-order valence-electron chi connectivity index (χ3n) is 2.56. The summed E-state index contributed by atoms with van der Waals surface area (Å²) >= 11 is 3.21. The SMILES string of the molecule is FC1(F)CC12CC2CBr. The first-order chi connectivity index (χ1) is 4.12. The Kier molecular flexibility index (Phi) is 0.902. The Morgan fingerprint density at radius 2 is 2.11 bits per heavy atom. The molecule has 0 aromatic carbocycles. The maximum absolute atomic E-state index is 12.4. The Balaban J connectivity index is 2.05. The molecule has 0 radical (unpaired) electrons. The van der Waals surface area contributed by atoms with Crippen molar-refractivity contribution in [2.45, 2.75) is 18.8 Å². The number of hydrogen-bond acceptors (Lipinski definition) is 0.